The van der Waals surface area contributed by atoms with Crippen molar-refractivity contribution in [2.75, 3.05) is 13.1 Å². The summed E-state index contributed by atoms with van der Waals surface area (Å²) in [5.41, 5.74) is 0.264. The summed E-state index contributed by atoms with van der Waals surface area (Å²) >= 11 is 0. The lowest BCUT2D eigenvalue weighted by Gasteiger charge is -2.37. The molecule has 1 aromatic rings. The van der Waals surface area contributed by atoms with E-state index in [-0.39, 0.29) is 37.4 Å². The van der Waals surface area contributed by atoms with Gasteiger partial charge in [-0.1, -0.05) is 6.07 Å². The van der Waals surface area contributed by atoms with Gasteiger partial charge in [-0.15, -0.1) is 24.8 Å². The number of nitrogens with one attached hydrogen (secondary N) is 1. The molecule has 2 rings (SSSR count). The Balaban J connectivity index is 0.00000312. The van der Waals surface area contributed by atoms with Gasteiger partial charge in [-0.3, -0.25) is 9.78 Å². The van der Waals surface area contributed by atoms with E-state index in [0.29, 0.717) is 19.5 Å². The van der Waals surface area contributed by atoms with Gasteiger partial charge < -0.3 is 20.1 Å². The van der Waals surface area contributed by atoms with Gasteiger partial charge >= 0.3 is 12.1 Å². The van der Waals surface area contributed by atoms with Crippen molar-refractivity contribution in [1.29, 1.82) is 0 Å². The maximum absolute atomic E-state index is 12.1. The first-order valence-electron chi connectivity index (χ1n) is 8.10. The minimum absolute atomic E-state index is 0. The number of pyridine rings is 1. The van der Waals surface area contributed by atoms with Crippen molar-refractivity contribution in [2.24, 2.45) is 5.92 Å². The lowest BCUT2D eigenvalue weighted by molar-refractivity contribution is -0.144. The van der Waals surface area contributed by atoms with Crippen LogP contribution in [0.4, 0.5) is 4.79 Å². The predicted octanol–water partition coefficient (Wildman–Crippen LogP) is 2.73. The third-order valence-electron chi connectivity index (χ3n) is 3.85. The molecule has 1 fully saturated rings. The van der Waals surface area contributed by atoms with Crippen LogP contribution in [0.5, 0.6) is 0 Å². The topological polar surface area (TPSA) is 91.8 Å². The highest BCUT2D eigenvalue weighted by molar-refractivity contribution is 5.85. The fourth-order valence-electron chi connectivity index (χ4n) is 2.68. The Bertz CT molecular complexity index is 581. The summed E-state index contributed by atoms with van der Waals surface area (Å²) in [7, 11) is 0. The first-order chi connectivity index (χ1) is 11.3. The Morgan fingerprint density at radius 2 is 2.04 bits per heavy atom. The van der Waals surface area contributed by atoms with Gasteiger partial charge in [-0.2, -0.15) is 0 Å². The van der Waals surface area contributed by atoms with Crippen molar-refractivity contribution in [1.82, 2.24) is 15.2 Å². The molecule has 0 aliphatic carbocycles. The highest BCUT2D eigenvalue weighted by Gasteiger charge is 2.37. The van der Waals surface area contributed by atoms with Crippen molar-refractivity contribution in [3.8, 4) is 0 Å². The standard InChI is InChI=1S/C17H25N3O4.2ClH/c1-17(2,3)24-16(23)20-9-7-14(13(11-20)15(21)22)19-10-12-6-4-5-8-18-12;;/h4-6,8,13-14,19H,7,9-11H2,1-3H3,(H,21,22);2*1H. The highest BCUT2D eigenvalue weighted by atomic mass is 35.5. The average Bonchev–Trinajstić information content (AvgIpc) is 2.52. The minimum Gasteiger partial charge on any atom is -0.481 e. The zero-order valence-corrected chi connectivity index (χ0v) is 16.8. The molecule has 26 heavy (non-hydrogen) atoms. The molecule has 1 saturated heterocycles. The van der Waals surface area contributed by atoms with Crippen LogP contribution in [-0.4, -0.2) is 51.8 Å². The van der Waals surface area contributed by atoms with E-state index in [1.165, 1.54) is 4.90 Å². The van der Waals surface area contributed by atoms with E-state index < -0.39 is 23.6 Å². The van der Waals surface area contributed by atoms with E-state index in [0.717, 1.165) is 5.69 Å². The van der Waals surface area contributed by atoms with E-state index in [2.05, 4.69) is 10.3 Å². The molecule has 0 radical (unpaired) electrons. The molecule has 0 saturated carbocycles. The van der Waals surface area contributed by atoms with Crippen molar-refractivity contribution in [3.05, 3.63) is 30.1 Å². The van der Waals surface area contributed by atoms with Crippen LogP contribution in [0, 0.1) is 5.92 Å². The van der Waals surface area contributed by atoms with Gasteiger partial charge in [0.2, 0.25) is 0 Å². The van der Waals surface area contributed by atoms with Gasteiger partial charge in [0.05, 0.1) is 11.6 Å². The molecule has 7 nitrogen and oxygen atoms in total. The molecule has 0 aromatic carbocycles. The quantitative estimate of drug-likeness (QED) is 0.796. The van der Waals surface area contributed by atoms with Crippen LogP contribution < -0.4 is 5.32 Å². The first-order valence-corrected chi connectivity index (χ1v) is 8.10. The van der Waals surface area contributed by atoms with Crippen LogP contribution >= 0.6 is 24.8 Å². The summed E-state index contributed by atoms with van der Waals surface area (Å²) in [4.78, 5) is 29.4. The average molecular weight is 408 g/mol. The smallest absolute Gasteiger partial charge is 0.410 e. The maximum atomic E-state index is 12.1. The van der Waals surface area contributed by atoms with E-state index in [1.54, 1.807) is 27.0 Å². The molecular weight excluding hydrogens is 381 g/mol. The molecule has 0 bridgehead atoms. The summed E-state index contributed by atoms with van der Waals surface area (Å²) in [6.45, 7) is 6.49. The molecular formula is C17H27Cl2N3O4. The number of piperidine rings is 1. The number of halogens is 2. The van der Waals surface area contributed by atoms with Gasteiger partial charge in [-0.05, 0) is 39.3 Å². The van der Waals surface area contributed by atoms with Crippen LogP contribution in [0.2, 0.25) is 0 Å². The first kappa shape index (κ1) is 24.4. The summed E-state index contributed by atoms with van der Waals surface area (Å²) in [5, 5.41) is 12.8. The molecule has 0 spiro atoms. The van der Waals surface area contributed by atoms with Crippen molar-refractivity contribution < 1.29 is 19.4 Å². The van der Waals surface area contributed by atoms with Crippen LogP contribution in [0.15, 0.2) is 24.4 Å². The normalized spacial score (nSPS) is 19.7. The zero-order valence-electron chi connectivity index (χ0n) is 15.2. The summed E-state index contributed by atoms with van der Waals surface area (Å²) in [6.07, 6.45) is 1.80. The summed E-state index contributed by atoms with van der Waals surface area (Å²) in [5.74, 6) is -1.59. The lowest BCUT2D eigenvalue weighted by Crippen LogP contribution is -2.54. The number of rotatable bonds is 4. The number of carboxylic acids is 1. The van der Waals surface area contributed by atoms with Gasteiger partial charge in [0, 0.05) is 31.9 Å². The van der Waals surface area contributed by atoms with Gasteiger partial charge in [0.15, 0.2) is 0 Å². The van der Waals surface area contributed by atoms with Crippen LogP contribution in [-0.2, 0) is 16.1 Å². The maximum Gasteiger partial charge on any atom is 0.410 e. The number of nitrogens with zero attached hydrogens (tertiary/aromatic N) is 2. The number of aromatic nitrogens is 1. The SMILES string of the molecule is CC(C)(C)OC(=O)N1CCC(NCc2ccccn2)C(C(=O)O)C1.Cl.Cl. The summed E-state index contributed by atoms with van der Waals surface area (Å²) in [6, 6.07) is 5.41. The molecule has 1 aliphatic rings. The third-order valence-corrected chi connectivity index (χ3v) is 3.85. The molecule has 2 atom stereocenters. The molecule has 148 valence electrons. The van der Waals surface area contributed by atoms with E-state index in [1.807, 2.05) is 18.2 Å². The van der Waals surface area contributed by atoms with Gasteiger partial charge in [0.1, 0.15) is 5.60 Å². The molecule has 2 N–H and O–H groups in total. The number of carbonyl (C=O) groups is 2. The molecule has 1 aromatic heterocycles. The van der Waals surface area contributed by atoms with Crippen LogP contribution in [0.3, 0.4) is 0 Å². The lowest BCUT2D eigenvalue weighted by atomic mass is 9.92. The second kappa shape index (κ2) is 10.5. The van der Waals surface area contributed by atoms with Crippen molar-refractivity contribution in [2.45, 2.75) is 45.4 Å². The van der Waals surface area contributed by atoms with Crippen LogP contribution in [0.1, 0.15) is 32.9 Å². The summed E-state index contributed by atoms with van der Waals surface area (Å²) < 4.78 is 5.33. The molecule has 2 heterocycles. The largest absolute Gasteiger partial charge is 0.481 e. The van der Waals surface area contributed by atoms with E-state index in [4.69, 9.17) is 4.74 Å². The number of carboxylic acid groups (broad SMARTS) is 1. The number of likely N-dealkylation sites (tertiary alicyclic amines) is 1. The Morgan fingerprint density at radius 3 is 2.58 bits per heavy atom. The second-order valence-corrected chi connectivity index (χ2v) is 6.97. The highest BCUT2D eigenvalue weighted by Crippen LogP contribution is 2.20. The Morgan fingerprint density at radius 1 is 1.35 bits per heavy atom. The molecule has 1 amide bonds. The van der Waals surface area contributed by atoms with E-state index >= 15 is 0 Å². The van der Waals surface area contributed by atoms with Crippen molar-refractivity contribution >= 4 is 36.9 Å². The van der Waals surface area contributed by atoms with E-state index in [9.17, 15) is 14.7 Å². The molecule has 1 aliphatic heterocycles. The monoisotopic (exact) mass is 407 g/mol. The Kier molecular flexibility index (Phi) is 9.91. The number of ether oxygens (including phenoxy) is 1. The second-order valence-electron chi connectivity index (χ2n) is 6.97. The molecule has 2 unspecified atom stereocenters. The predicted molar refractivity (Wildman–Crippen MR) is 103 cm³/mol. The zero-order chi connectivity index (χ0) is 17.7. The number of amides is 1. The fourth-order valence-corrected chi connectivity index (χ4v) is 2.68. The minimum atomic E-state index is -0.915. The third kappa shape index (κ3) is 7.35. The van der Waals surface area contributed by atoms with Gasteiger partial charge in [-0.25, -0.2) is 4.79 Å². The van der Waals surface area contributed by atoms with Crippen molar-refractivity contribution in [3.63, 3.8) is 0 Å². The Hall–Kier alpha value is -1.57. The number of hydrogen-bond acceptors (Lipinski definition) is 5. The van der Waals surface area contributed by atoms with Crippen LogP contribution in [0.25, 0.3) is 0 Å². The number of carbonyl (C=O) groups excluding carboxylic acids is 1. The Labute approximate surface area is 166 Å². The number of aliphatic carboxylic acids is 1. The number of hydrogen-bond donors (Lipinski definition) is 2. The van der Waals surface area contributed by atoms with Gasteiger partial charge in [0.25, 0.3) is 0 Å². The fraction of sp³-hybridized carbons (Fsp3) is 0.588. The molecule has 9 heteroatoms.